The fourth-order valence-electron chi connectivity index (χ4n) is 1.99. The molecule has 0 saturated heterocycles. The lowest BCUT2D eigenvalue weighted by atomic mass is 10.1. The first-order chi connectivity index (χ1) is 10.5. The van der Waals surface area contributed by atoms with Gasteiger partial charge < -0.3 is 5.32 Å². The third-order valence-corrected chi connectivity index (χ3v) is 3.43. The molecular weight excluding hydrogens is 306 g/mol. The van der Waals surface area contributed by atoms with Gasteiger partial charge in [0.25, 0.3) is 5.56 Å². The molecule has 0 atom stereocenters. The maximum absolute atomic E-state index is 11.8. The fraction of sp³-hybridized carbons (Fsp3) is 0.267. The van der Waals surface area contributed by atoms with Crippen molar-refractivity contribution in [2.45, 2.75) is 13.0 Å². The van der Waals surface area contributed by atoms with Gasteiger partial charge in [-0.15, -0.1) is 0 Å². The monoisotopic (exact) mass is 321 g/mol. The molecule has 0 bridgehead atoms. The van der Waals surface area contributed by atoms with Crippen LogP contribution >= 0.6 is 11.6 Å². The number of rotatable bonds is 5. The molecule has 0 aliphatic heterocycles. The third-order valence-electron chi connectivity index (χ3n) is 3.20. The summed E-state index contributed by atoms with van der Waals surface area (Å²) in [4.78, 5) is 34.9. The number of carbonyl (C=O) groups is 1. The van der Waals surface area contributed by atoms with Crippen molar-refractivity contribution in [2.75, 3.05) is 6.54 Å². The van der Waals surface area contributed by atoms with Gasteiger partial charge in [0.05, 0.1) is 0 Å². The zero-order valence-corrected chi connectivity index (χ0v) is 12.8. The van der Waals surface area contributed by atoms with Gasteiger partial charge in [0, 0.05) is 30.9 Å². The van der Waals surface area contributed by atoms with Gasteiger partial charge in [-0.2, -0.15) is 0 Å². The Hall–Kier alpha value is -2.34. The molecule has 0 aliphatic carbocycles. The highest BCUT2D eigenvalue weighted by Crippen LogP contribution is 2.10. The first kappa shape index (κ1) is 16.0. The van der Waals surface area contributed by atoms with E-state index < -0.39 is 11.2 Å². The van der Waals surface area contributed by atoms with Crippen LogP contribution in [-0.2, 0) is 24.8 Å². The van der Waals surface area contributed by atoms with E-state index in [9.17, 15) is 14.4 Å². The Bertz CT molecular complexity index is 795. The van der Waals surface area contributed by atoms with Crippen molar-refractivity contribution >= 4 is 17.5 Å². The van der Waals surface area contributed by atoms with E-state index in [-0.39, 0.29) is 12.5 Å². The van der Waals surface area contributed by atoms with Crippen molar-refractivity contribution < 1.29 is 4.79 Å². The Morgan fingerprint density at radius 3 is 2.77 bits per heavy atom. The SMILES string of the molecule is Cn1c(=O)ccn(CC(=O)NCCc2cccc(Cl)c2)c1=O. The summed E-state index contributed by atoms with van der Waals surface area (Å²) in [5.74, 6) is -0.289. The summed E-state index contributed by atoms with van der Waals surface area (Å²) < 4.78 is 2.15. The van der Waals surface area contributed by atoms with E-state index in [4.69, 9.17) is 11.6 Å². The molecule has 7 heteroatoms. The molecule has 1 heterocycles. The van der Waals surface area contributed by atoms with Gasteiger partial charge in [0.1, 0.15) is 6.54 Å². The molecule has 22 heavy (non-hydrogen) atoms. The second kappa shape index (κ2) is 7.09. The summed E-state index contributed by atoms with van der Waals surface area (Å²) >= 11 is 5.89. The minimum absolute atomic E-state index is 0.123. The van der Waals surface area contributed by atoms with Gasteiger partial charge in [0.15, 0.2) is 0 Å². The van der Waals surface area contributed by atoms with E-state index in [1.54, 1.807) is 6.07 Å². The lowest BCUT2D eigenvalue weighted by molar-refractivity contribution is -0.121. The van der Waals surface area contributed by atoms with Crippen LogP contribution in [0.25, 0.3) is 0 Å². The van der Waals surface area contributed by atoms with Crippen LogP contribution in [0.3, 0.4) is 0 Å². The number of hydrogen-bond donors (Lipinski definition) is 1. The summed E-state index contributed by atoms with van der Waals surface area (Å²) in [5, 5.41) is 3.38. The smallest absolute Gasteiger partial charge is 0.331 e. The quantitative estimate of drug-likeness (QED) is 0.874. The lowest BCUT2D eigenvalue weighted by Gasteiger charge is -2.08. The van der Waals surface area contributed by atoms with E-state index in [1.165, 1.54) is 23.9 Å². The predicted molar refractivity (Wildman–Crippen MR) is 84.1 cm³/mol. The molecular formula is C15H16ClN3O3. The van der Waals surface area contributed by atoms with Gasteiger partial charge in [-0.3, -0.25) is 18.7 Å². The summed E-state index contributed by atoms with van der Waals surface area (Å²) in [6.07, 6.45) is 1.97. The number of amides is 1. The molecule has 1 aromatic heterocycles. The van der Waals surface area contributed by atoms with E-state index in [2.05, 4.69) is 5.32 Å². The van der Waals surface area contributed by atoms with Crippen molar-refractivity contribution in [3.63, 3.8) is 0 Å². The second-order valence-electron chi connectivity index (χ2n) is 4.85. The molecule has 1 aromatic carbocycles. The van der Waals surface area contributed by atoms with Crippen LogP contribution in [0.4, 0.5) is 0 Å². The molecule has 2 aromatic rings. The molecule has 0 aliphatic rings. The Kier molecular flexibility index (Phi) is 5.16. The van der Waals surface area contributed by atoms with Crippen LogP contribution in [0.5, 0.6) is 0 Å². The van der Waals surface area contributed by atoms with Crippen LogP contribution in [0.15, 0.2) is 46.1 Å². The van der Waals surface area contributed by atoms with Crippen LogP contribution < -0.4 is 16.6 Å². The van der Waals surface area contributed by atoms with Gasteiger partial charge in [-0.25, -0.2) is 4.79 Å². The standard InChI is InChI=1S/C15H16ClN3O3/c1-18-14(21)6-8-19(15(18)22)10-13(20)17-7-5-11-3-2-4-12(16)9-11/h2-4,6,8-9H,5,7,10H2,1H3,(H,17,20). The number of aromatic nitrogens is 2. The highest BCUT2D eigenvalue weighted by molar-refractivity contribution is 6.30. The minimum atomic E-state index is -0.516. The normalized spacial score (nSPS) is 10.5. The summed E-state index contributed by atoms with van der Waals surface area (Å²) in [6, 6.07) is 8.65. The van der Waals surface area contributed by atoms with Crippen molar-refractivity contribution in [1.82, 2.24) is 14.5 Å². The number of nitrogens with zero attached hydrogens (tertiary/aromatic N) is 2. The van der Waals surface area contributed by atoms with E-state index in [1.807, 2.05) is 18.2 Å². The van der Waals surface area contributed by atoms with E-state index >= 15 is 0 Å². The van der Waals surface area contributed by atoms with Gasteiger partial charge in [-0.1, -0.05) is 23.7 Å². The fourth-order valence-corrected chi connectivity index (χ4v) is 2.20. The highest BCUT2D eigenvalue weighted by atomic mass is 35.5. The second-order valence-corrected chi connectivity index (χ2v) is 5.29. The summed E-state index contributed by atoms with van der Waals surface area (Å²) in [7, 11) is 1.37. The van der Waals surface area contributed by atoms with Crippen molar-refractivity contribution in [3.8, 4) is 0 Å². The third kappa shape index (κ3) is 4.08. The maximum Gasteiger partial charge on any atom is 0.331 e. The minimum Gasteiger partial charge on any atom is -0.354 e. The predicted octanol–water partition coefficient (Wildman–Crippen LogP) is 0.559. The Labute approximate surface area is 132 Å². The van der Waals surface area contributed by atoms with Crippen molar-refractivity contribution in [2.24, 2.45) is 7.05 Å². The Morgan fingerprint density at radius 2 is 2.05 bits per heavy atom. The van der Waals surface area contributed by atoms with Crippen molar-refractivity contribution in [1.29, 1.82) is 0 Å². The van der Waals surface area contributed by atoms with Crippen LogP contribution in [0.1, 0.15) is 5.56 Å². The molecule has 0 spiro atoms. The van der Waals surface area contributed by atoms with Gasteiger partial charge >= 0.3 is 5.69 Å². The van der Waals surface area contributed by atoms with E-state index in [0.29, 0.717) is 18.0 Å². The molecule has 0 unspecified atom stereocenters. The topological polar surface area (TPSA) is 73.1 Å². The average molecular weight is 322 g/mol. The highest BCUT2D eigenvalue weighted by Gasteiger charge is 2.06. The largest absolute Gasteiger partial charge is 0.354 e. The van der Waals surface area contributed by atoms with Crippen LogP contribution in [0, 0.1) is 0 Å². The van der Waals surface area contributed by atoms with Crippen LogP contribution in [-0.4, -0.2) is 21.6 Å². The first-order valence-corrected chi connectivity index (χ1v) is 7.13. The molecule has 1 amide bonds. The molecule has 0 saturated carbocycles. The maximum atomic E-state index is 11.8. The number of halogens is 1. The summed E-state index contributed by atoms with van der Waals surface area (Å²) in [6.45, 7) is 0.322. The van der Waals surface area contributed by atoms with E-state index in [0.717, 1.165) is 10.1 Å². The first-order valence-electron chi connectivity index (χ1n) is 6.75. The van der Waals surface area contributed by atoms with Crippen molar-refractivity contribution in [3.05, 3.63) is 68.0 Å². The molecule has 2 rings (SSSR count). The molecule has 116 valence electrons. The number of hydrogen-bond acceptors (Lipinski definition) is 3. The zero-order valence-electron chi connectivity index (χ0n) is 12.1. The van der Waals surface area contributed by atoms with Crippen LogP contribution in [0.2, 0.25) is 5.02 Å². The number of carbonyl (C=O) groups excluding carboxylic acids is 1. The molecule has 0 fully saturated rings. The van der Waals surface area contributed by atoms with Gasteiger partial charge in [-0.05, 0) is 24.1 Å². The zero-order chi connectivity index (χ0) is 16.1. The number of benzene rings is 1. The average Bonchev–Trinajstić information content (AvgIpc) is 2.48. The summed E-state index contributed by atoms with van der Waals surface area (Å²) in [5.41, 5.74) is 0.104. The molecule has 0 radical (unpaired) electrons. The Morgan fingerprint density at radius 1 is 1.27 bits per heavy atom. The molecule has 1 N–H and O–H groups in total. The molecule has 6 nitrogen and oxygen atoms in total. The Balaban J connectivity index is 1.90. The number of nitrogens with one attached hydrogen (secondary N) is 1. The lowest BCUT2D eigenvalue weighted by Crippen LogP contribution is -2.40. The van der Waals surface area contributed by atoms with Gasteiger partial charge in [0.2, 0.25) is 5.91 Å².